The summed E-state index contributed by atoms with van der Waals surface area (Å²) in [5.41, 5.74) is 2.35. The van der Waals surface area contributed by atoms with E-state index in [-0.39, 0.29) is 17.6 Å². The van der Waals surface area contributed by atoms with Gasteiger partial charge in [0.15, 0.2) is 5.58 Å². The topological polar surface area (TPSA) is 55.1 Å². The molecule has 1 heterocycles. The SMILES string of the molecule is O=C(Nc1ccc(F)cc1)c1ccc2nc(-c3c(Cl)cccc3Cl)oc2c1. The minimum atomic E-state index is -0.373. The van der Waals surface area contributed by atoms with Gasteiger partial charge in [-0.15, -0.1) is 0 Å². The molecule has 3 aromatic carbocycles. The third kappa shape index (κ3) is 3.52. The molecule has 4 nitrogen and oxygen atoms in total. The van der Waals surface area contributed by atoms with Gasteiger partial charge in [-0.05, 0) is 54.6 Å². The summed E-state index contributed by atoms with van der Waals surface area (Å²) in [5.74, 6) is -0.448. The Morgan fingerprint density at radius 2 is 1.70 bits per heavy atom. The van der Waals surface area contributed by atoms with E-state index in [1.165, 1.54) is 24.3 Å². The highest BCUT2D eigenvalue weighted by Gasteiger charge is 2.16. The maximum atomic E-state index is 13.0. The minimum absolute atomic E-state index is 0.275. The lowest BCUT2D eigenvalue weighted by Crippen LogP contribution is -2.11. The fourth-order valence-electron chi connectivity index (χ4n) is 2.61. The van der Waals surface area contributed by atoms with Gasteiger partial charge in [-0.2, -0.15) is 0 Å². The number of aromatic nitrogens is 1. The molecule has 0 spiro atoms. The summed E-state index contributed by atoms with van der Waals surface area (Å²) in [4.78, 5) is 16.8. The molecule has 1 amide bonds. The van der Waals surface area contributed by atoms with E-state index in [1.54, 1.807) is 36.4 Å². The van der Waals surface area contributed by atoms with E-state index < -0.39 is 0 Å². The number of hydrogen-bond acceptors (Lipinski definition) is 3. The summed E-state index contributed by atoms with van der Waals surface area (Å²) in [7, 11) is 0. The Kier molecular flexibility index (Phi) is 4.56. The van der Waals surface area contributed by atoms with Crippen LogP contribution in [0.1, 0.15) is 10.4 Å². The fraction of sp³-hybridized carbons (Fsp3) is 0. The standard InChI is InChI=1S/C20H11Cl2FN2O2/c21-14-2-1-3-15(22)18(14)20-25-16-9-4-11(10-17(16)27-20)19(26)24-13-7-5-12(23)6-8-13/h1-10H,(H,24,26). The van der Waals surface area contributed by atoms with Crippen LogP contribution in [0.3, 0.4) is 0 Å². The third-order valence-electron chi connectivity index (χ3n) is 3.93. The average molecular weight is 401 g/mol. The number of anilines is 1. The van der Waals surface area contributed by atoms with Crippen molar-refractivity contribution in [2.75, 3.05) is 5.32 Å². The molecule has 4 rings (SSSR count). The lowest BCUT2D eigenvalue weighted by Gasteiger charge is -2.04. The molecule has 7 heteroatoms. The molecule has 134 valence electrons. The van der Waals surface area contributed by atoms with Crippen LogP contribution in [0.4, 0.5) is 10.1 Å². The van der Waals surface area contributed by atoms with Crippen molar-refractivity contribution in [3.8, 4) is 11.5 Å². The number of hydrogen-bond donors (Lipinski definition) is 1. The van der Waals surface area contributed by atoms with Gasteiger partial charge in [0, 0.05) is 11.3 Å². The van der Waals surface area contributed by atoms with E-state index in [2.05, 4.69) is 10.3 Å². The van der Waals surface area contributed by atoms with Crippen molar-refractivity contribution >= 4 is 45.9 Å². The van der Waals surface area contributed by atoms with E-state index in [9.17, 15) is 9.18 Å². The number of amides is 1. The van der Waals surface area contributed by atoms with E-state index in [1.807, 2.05) is 0 Å². The number of carbonyl (C=O) groups is 1. The van der Waals surface area contributed by atoms with Crippen molar-refractivity contribution in [3.63, 3.8) is 0 Å². The molecule has 0 atom stereocenters. The van der Waals surface area contributed by atoms with Crippen LogP contribution in [-0.4, -0.2) is 10.9 Å². The van der Waals surface area contributed by atoms with Crippen molar-refractivity contribution in [2.24, 2.45) is 0 Å². The minimum Gasteiger partial charge on any atom is -0.436 e. The first-order valence-electron chi connectivity index (χ1n) is 7.93. The molecular formula is C20H11Cl2FN2O2. The number of fused-ring (bicyclic) bond motifs is 1. The highest BCUT2D eigenvalue weighted by Crippen LogP contribution is 2.35. The molecular weight excluding hydrogens is 390 g/mol. The molecule has 4 aromatic rings. The predicted octanol–water partition coefficient (Wildman–Crippen LogP) is 6.19. The summed E-state index contributed by atoms with van der Waals surface area (Å²) in [6.07, 6.45) is 0. The van der Waals surface area contributed by atoms with E-state index in [0.717, 1.165) is 0 Å². The smallest absolute Gasteiger partial charge is 0.255 e. The Bertz CT molecular complexity index is 1140. The van der Waals surface area contributed by atoms with Gasteiger partial charge in [-0.3, -0.25) is 4.79 Å². The first kappa shape index (κ1) is 17.5. The molecule has 0 unspecified atom stereocenters. The molecule has 27 heavy (non-hydrogen) atoms. The van der Waals surface area contributed by atoms with Crippen molar-refractivity contribution < 1.29 is 13.6 Å². The molecule has 0 fully saturated rings. The highest BCUT2D eigenvalue weighted by molar-refractivity contribution is 6.38. The fourth-order valence-corrected chi connectivity index (χ4v) is 3.17. The first-order valence-corrected chi connectivity index (χ1v) is 8.69. The van der Waals surface area contributed by atoms with Gasteiger partial charge in [0.25, 0.3) is 5.91 Å². The molecule has 1 aromatic heterocycles. The van der Waals surface area contributed by atoms with E-state index >= 15 is 0 Å². The molecule has 0 saturated heterocycles. The monoisotopic (exact) mass is 400 g/mol. The molecule has 0 aliphatic rings. The number of rotatable bonds is 3. The van der Waals surface area contributed by atoms with Gasteiger partial charge in [0.2, 0.25) is 5.89 Å². The van der Waals surface area contributed by atoms with E-state index in [0.29, 0.717) is 38.0 Å². The van der Waals surface area contributed by atoms with Gasteiger partial charge in [-0.25, -0.2) is 9.37 Å². The first-order chi connectivity index (χ1) is 13.0. The van der Waals surface area contributed by atoms with Gasteiger partial charge in [0.05, 0.1) is 15.6 Å². The maximum Gasteiger partial charge on any atom is 0.255 e. The Hall–Kier alpha value is -2.89. The molecule has 1 N–H and O–H groups in total. The molecule has 0 bridgehead atoms. The van der Waals surface area contributed by atoms with Crippen molar-refractivity contribution in [1.82, 2.24) is 4.98 Å². The van der Waals surface area contributed by atoms with Crippen LogP contribution >= 0.6 is 23.2 Å². The van der Waals surface area contributed by atoms with Crippen LogP contribution in [0.2, 0.25) is 10.0 Å². The maximum absolute atomic E-state index is 13.0. The lowest BCUT2D eigenvalue weighted by atomic mass is 10.2. The zero-order valence-electron chi connectivity index (χ0n) is 13.7. The van der Waals surface area contributed by atoms with E-state index in [4.69, 9.17) is 27.6 Å². The zero-order valence-corrected chi connectivity index (χ0v) is 15.2. The molecule has 0 aliphatic carbocycles. The molecule has 0 aliphatic heterocycles. The number of nitrogens with one attached hydrogen (secondary N) is 1. The Labute approximate surface area is 163 Å². The van der Waals surface area contributed by atoms with Gasteiger partial charge in [0.1, 0.15) is 11.3 Å². The van der Waals surface area contributed by atoms with Crippen LogP contribution in [-0.2, 0) is 0 Å². The number of oxazole rings is 1. The Morgan fingerprint density at radius 3 is 2.41 bits per heavy atom. The second-order valence-electron chi connectivity index (χ2n) is 5.76. The summed E-state index contributed by atoms with van der Waals surface area (Å²) < 4.78 is 18.7. The lowest BCUT2D eigenvalue weighted by molar-refractivity contribution is 0.102. The highest BCUT2D eigenvalue weighted by atomic mass is 35.5. The van der Waals surface area contributed by atoms with Gasteiger partial charge in [-0.1, -0.05) is 29.3 Å². The third-order valence-corrected chi connectivity index (χ3v) is 4.56. The number of halogens is 3. The second-order valence-corrected chi connectivity index (χ2v) is 6.57. The van der Waals surface area contributed by atoms with Crippen molar-refractivity contribution in [2.45, 2.75) is 0 Å². The van der Waals surface area contributed by atoms with Crippen LogP contribution in [0.5, 0.6) is 0 Å². The second kappa shape index (κ2) is 7.02. The summed E-state index contributed by atoms with van der Waals surface area (Å²) in [5, 5.41) is 3.54. The van der Waals surface area contributed by atoms with Crippen LogP contribution < -0.4 is 5.32 Å². The Morgan fingerprint density at radius 1 is 1.00 bits per heavy atom. The van der Waals surface area contributed by atoms with Gasteiger partial charge < -0.3 is 9.73 Å². The number of carbonyl (C=O) groups excluding carboxylic acids is 1. The largest absolute Gasteiger partial charge is 0.436 e. The Balaban J connectivity index is 1.66. The summed E-state index contributed by atoms with van der Waals surface area (Å²) in [6.45, 7) is 0. The van der Waals surface area contributed by atoms with Crippen LogP contribution in [0, 0.1) is 5.82 Å². The average Bonchev–Trinajstić information content (AvgIpc) is 3.06. The summed E-state index contributed by atoms with van der Waals surface area (Å²) in [6, 6.07) is 15.5. The van der Waals surface area contributed by atoms with Crippen molar-refractivity contribution in [3.05, 3.63) is 82.1 Å². The molecule has 0 saturated carbocycles. The van der Waals surface area contributed by atoms with Gasteiger partial charge >= 0.3 is 0 Å². The number of benzene rings is 3. The van der Waals surface area contributed by atoms with Crippen molar-refractivity contribution in [1.29, 1.82) is 0 Å². The van der Waals surface area contributed by atoms with Crippen LogP contribution in [0.15, 0.2) is 65.1 Å². The zero-order chi connectivity index (χ0) is 19.0. The molecule has 0 radical (unpaired) electrons. The predicted molar refractivity (Wildman–Crippen MR) is 104 cm³/mol. The van der Waals surface area contributed by atoms with Crippen LogP contribution in [0.25, 0.3) is 22.6 Å². The number of nitrogens with zero attached hydrogens (tertiary/aromatic N) is 1. The quantitative estimate of drug-likeness (QED) is 0.445. The normalized spacial score (nSPS) is 10.9. The summed E-state index contributed by atoms with van der Waals surface area (Å²) >= 11 is 12.4.